The fraction of sp³-hybridized carbons (Fsp3) is 0.417. The maximum absolute atomic E-state index is 12.0. The first kappa shape index (κ1) is 18.1. The first-order valence-corrected chi connectivity index (χ1v) is 9.54. The van der Waals surface area contributed by atoms with Crippen LogP contribution in [-0.2, 0) is 20.8 Å². The highest BCUT2D eigenvalue weighted by Gasteiger charge is 2.18. The van der Waals surface area contributed by atoms with Gasteiger partial charge < -0.3 is 5.32 Å². The molecule has 0 aliphatic rings. The summed E-state index contributed by atoms with van der Waals surface area (Å²) in [6.07, 6.45) is 0. The Labute approximate surface area is 131 Å². The first-order chi connectivity index (χ1) is 9.66. The monoisotopic (exact) mass is 352 g/mol. The van der Waals surface area contributed by atoms with Gasteiger partial charge >= 0.3 is 0 Å². The van der Waals surface area contributed by atoms with Crippen LogP contribution in [0.2, 0.25) is 5.02 Å². The van der Waals surface area contributed by atoms with Crippen molar-refractivity contribution in [2.75, 3.05) is 18.1 Å². The average Bonchev–Trinajstić information content (AvgIpc) is 2.39. The summed E-state index contributed by atoms with van der Waals surface area (Å²) in [6, 6.07) is 2.56. The van der Waals surface area contributed by atoms with Crippen LogP contribution in [-0.4, -0.2) is 36.6 Å². The summed E-state index contributed by atoms with van der Waals surface area (Å²) >= 11 is 5.93. The summed E-state index contributed by atoms with van der Waals surface area (Å²) < 4.78 is 34.2. The molecule has 1 unspecified atom stereocenters. The lowest BCUT2D eigenvalue weighted by molar-refractivity contribution is 0.0956. The Balaban J connectivity index is 2.96. The number of sulfonamides is 1. The number of primary sulfonamides is 1. The van der Waals surface area contributed by atoms with Gasteiger partial charge in [-0.05, 0) is 24.6 Å². The molecule has 0 saturated heterocycles. The number of carbonyl (C=O) groups excluding carboxylic acids is 1. The predicted molar refractivity (Wildman–Crippen MR) is 83.4 cm³/mol. The first-order valence-electron chi connectivity index (χ1n) is 6.13. The molecule has 6 nitrogen and oxygen atoms in total. The smallest absolute Gasteiger partial charge is 0.251 e. The van der Waals surface area contributed by atoms with Gasteiger partial charge in [0.1, 0.15) is 0 Å². The molecule has 0 spiro atoms. The third kappa shape index (κ3) is 5.06. The van der Waals surface area contributed by atoms with Crippen molar-refractivity contribution < 1.29 is 17.4 Å². The van der Waals surface area contributed by atoms with E-state index in [1.807, 2.05) is 0 Å². The Hall–Kier alpha value is -0.960. The number of carbonyl (C=O) groups is 1. The van der Waals surface area contributed by atoms with Crippen molar-refractivity contribution in [3.05, 3.63) is 28.3 Å². The maximum Gasteiger partial charge on any atom is 0.251 e. The van der Waals surface area contributed by atoms with Crippen LogP contribution >= 0.6 is 11.6 Å². The molecule has 0 radical (unpaired) electrons. The largest absolute Gasteiger partial charge is 0.351 e. The van der Waals surface area contributed by atoms with Crippen molar-refractivity contribution in [3.63, 3.8) is 0 Å². The standard InChI is InChI=1S/C12H17ClN2O4S2/c1-3-20(17)5-4-15-12(16)9-6-10(13)8(2)11(7-9)21(14,18)19/h6-7H,3-5H2,1-2H3,(H,15,16)(H2,14,18,19). The molecule has 1 aromatic rings. The topological polar surface area (TPSA) is 106 Å². The van der Waals surface area contributed by atoms with E-state index >= 15 is 0 Å². The molecule has 0 aromatic heterocycles. The molecule has 0 aliphatic carbocycles. The van der Waals surface area contributed by atoms with Crippen molar-refractivity contribution in [1.29, 1.82) is 0 Å². The molecule has 0 saturated carbocycles. The lowest BCUT2D eigenvalue weighted by Gasteiger charge is -2.10. The molecule has 0 aliphatic heterocycles. The maximum atomic E-state index is 12.0. The lowest BCUT2D eigenvalue weighted by Crippen LogP contribution is -2.28. The lowest BCUT2D eigenvalue weighted by atomic mass is 10.1. The summed E-state index contributed by atoms with van der Waals surface area (Å²) in [5, 5.41) is 7.80. The van der Waals surface area contributed by atoms with Gasteiger partial charge in [-0.25, -0.2) is 13.6 Å². The van der Waals surface area contributed by atoms with E-state index in [0.29, 0.717) is 17.1 Å². The molecule has 118 valence electrons. The van der Waals surface area contributed by atoms with Crippen molar-refractivity contribution in [3.8, 4) is 0 Å². The van der Waals surface area contributed by atoms with Gasteiger partial charge in [0.25, 0.3) is 5.91 Å². The van der Waals surface area contributed by atoms with Crippen LogP contribution in [0, 0.1) is 6.92 Å². The van der Waals surface area contributed by atoms with E-state index in [2.05, 4.69) is 5.32 Å². The Morgan fingerprint density at radius 2 is 2.05 bits per heavy atom. The van der Waals surface area contributed by atoms with Crippen LogP contribution < -0.4 is 10.5 Å². The second-order valence-electron chi connectivity index (χ2n) is 4.31. The molecule has 0 heterocycles. The van der Waals surface area contributed by atoms with Gasteiger partial charge in [0.2, 0.25) is 10.0 Å². The molecule has 1 aromatic carbocycles. The van der Waals surface area contributed by atoms with Gasteiger partial charge in [0, 0.05) is 39.4 Å². The van der Waals surface area contributed by atoms with E-state index in [-0.39, 0.29) is 22.0 Å². The number of nitrogens with one attached hydrogen (secondary N) is 1. The SMILES string of the molecule is CCS(=O)CCNC(=O)c1cc(Cl)c(C)c(S(N)(=O)=O)c1. The second kappa shape index (κ2) is 7.35. The van der Waals surface area contributed by atoms with Crippen LogP contribution in [0.3, 0.4) is 0 Å². The minimum atomic E-state index is -3.96. The number of halogens is 1. The summed E-state index contributed by atoms with van der Waals surface area (Å²) in [5.74, 6) is 0.362. The highest BCUT2D eigenvalue weighted by molar-refractivity contribution is 7.89. The number of amides is 1. The molecule has 9 heteroatoms. The number of hydrogen-bond donors (Lipinski definition) is 2. The molecule has 1 rings (SSSR count). The van der Waals surface area contributed by atoms with Crippen molar-refractivity contribution in [2.24, 2.45) is 5.14 Å². The summed E-state index contributed by atoms with van der Waals surface area (Å²) in [7, 11) is -4.95. The Morgan fingerprint density at radius 1 is 1.43 bits per heavy atom. The van der Waals surface area contributed by atoms with E-state index in [0.717, 1.165) is 0 Å². The van der Waals surface area contributed by atoms with Crippen molar-refractivity contribution >= 4 is 38.3 Å². The zero-order chi connectivity index (χ0) is 16.2. The molecule has 1 atom stereocenters. The zero-order valence-electron chi connectivity index (χ0n) is 11.7. The van der Waals surface area contributed by atoms with Crippen LogP contribution in [0.15, 0.2) is 17.0 Å². The molecular weight excluding hydrogens is 336 g/mol. The normalized spacial score (nSPS) is 13.0. The molecule has 0 fully saturated rings. The number of nitrogens with two attached hydrogens (primary N) is 1. The zero-order valence-corrected chi connectivity index (χ0v) is 14.1. The minimum Gasteiger partial charge on any atom is -0.351 e. The van der Waals surface area contributed by atoms with E-state index in [1.165, 1.54) is 19.1 Å². The molecule has 1 amide bonds. The van der Waals surface area contributed by atoms with E-state index < -0.39 is 26.7 Å². The van der Waals surface area contributed by atoms with Crippen molar-refractivity contribution in [2.45, 2.75) is 18.7 Å². The fourth-order valence-electron chi connectivity index (χ4n) is 1.61. The highest BCUT2D eigenvalue weighted by atomic mass is 35.5. The Kier molecular flexibility index (Phi) is 6.33. The quantitative estimate of drug-likeness (QED) is 0.789. The number of hydrogen-bond acceptors (Lipinski definition) is 4. The van der Waals surface area contributed by atoms with Gasteiger partial charge in [-0.15, -0.1) is 0 Å². The average molecular weight is 353 g/mol. The van der Waals surface area contributed by atoms with Crippen LogP contribution in [0.25, 0.3) is 0 Å². The van der Waals surface area contributed by atoms with Crippen LogP contribution in [0.4, 0.5) is 0 Å². The third-order valence-corrected chi connectivity index (χ3v) is 5.54. The molecule has 21 heavy (non-hydrogen) atoms. The molecule has 3 N–H and O–H groups in total. The van der Waals surface area contributed by atoms with Gasteiger partial charge in [-0.3, -0.25) is 9.00 Å². The predicted octanol–water partition coefficient (Wildman–Crippen LogP) is 0.794. The van der Waals surface area contributed by atoms with Crippen LogP contribution in [0.1, 0.15) is 22.8 Å². The van der Waals surface area contributed by atoms with Crippen molar-refractivity contribution in [1.82, 2.24) is 5.32 Å². The van der Waals surface area contributed by atoms with Gasteiger partial charge in [-0.1, -0.05) is 18.5 Å². The minimum absolute atomic E-state index is 0.0944. The summed E-state index contributed by atoms with van der Waals surface area (Å²) in [4.78, 5) is 11.8. The Bertz CT molecular complexity index is 674. The van der Waals surface area contributed by atoms with Gasteiger partial charge in [0.15, 0.2) is 0 Å². The number of benzene rings is 1. The fourth-order valence-corrected chi connectivity index (χ4v) is 3.33. The van der Waals surface area contributed by atoms with Gasteiger partial charge in [0.05, 0.1) is 4.90 Å². The molecule has 0 bridgehead atoms. The summed E-state index contributed by atoms with van der Waals surface area (Å²) in [6.45, 7) is 3.53. The van der Waals surface area contributed by atoms with E-state index in [4.69, 9.17) is 16.7 Å². The third-order valence-electron chi connectivity index (χ3n) is 2.80. The summed E-state index contributed by atoms with van der Waals surface area (Å²) in [5.41, 5.74) is 0.389. The molecular formula is C12H17ClN2O4S2. The Morgan fingerprint density at radius 3 is 2.57 bits per heavy atom. The van der Waals surface area contributed by atoms with Crippen LogP contribution in [0.5, 0.6) is 0 Å². The van der Waals surface area contributed by atoms with Gasteiger partial charge in [-0.2, -0.15) is 0 Å². The van der Waals surface area contributed by atoms with E-state index in [1.54, 1.807) is 6.92 Å². The van der Waals surface area contributed by atoms with E-state index in [9.17, 15) is 17.4 Å². The number of rotatable bonds is 6. The highest BCUT2D eigenvalue weighted by Crippen LogP contribution is 2.24. The second-order valence-corrected chi connectivity index (χ2v) is 8.12.